The lowest BCUT2D eigenvalue weighted by molar-refractivity contribution is 0.355. The first-order valence-corrected chi connectivity index (χ1v) is 7.85. The smallest absolute Gasteiger partial charge is 0.0411 e. The average Bonchev–Trinajstić information content (AvgIpc) is 2.29. The number of hydrogen-bond acceptors (Lipinski definition) is 2. The van der Waals surface area contributed by atoms with Gasteiger partial charge in [0.05, 0.1) is 0 Å². The lowest BCUT2D eigenvalue weighted by Crippen LogP contribution is -2.51. The van der Waals surface area contributed by atoms with E-state index in [2.05, 4.69) is 63.9 Å². The summed E-state index contributed by atoms with van der Waals surface area (Å²) in [4.78, 5) is 2.61. The Morgan fingerprint density at radius 2 is 2.00 bits per heavy atom. The van der Waals surface area contributed by atoms with Gasteiger partial charge in [0.2, 0.25) is 0 Å². The predicted octanol–water partition coefficient (Wildman–Crippen LogP) is 4.22. The van der Waals surface area contributed by atoms with Crippen molar-refractivity contribution in [1.82, 2.24) is 5.32 Å². The number of nitrogens with one attached hydrogen (secondary N) is 1. The minimum Gasteiger partial charge on any atom is -0.364 e. The van der Waals surface area contributed by atoms with Gasteiger partial charge in [0.1, 0.15) is 0 Å². The van der Waals surface area contributed by atoms with Crippen LogP contribution in [-0.2, 0) is 6.54 Å². The normalized spacial score (nSPS) is 21.2. The Labute approximate surface area is 124 Å². The zero-order valence-electron chi connectivity index (χ0n) is 14.2. The molecule has 1 aromatic rings. The molecule has 0 unspecified atom stereocenters. The highest BCUT2D eigenvalue weighted by Crippen LogP contribution is 2.45. The van der Waals surface area contributed by atoms with E-state index in [1.165, 1.54) is 28.8 Å². The minimum absolute atomic E-state index is 0.234. The van der Waals surface area contributed by atoms with Crippen LogP contribution >= 0.6 is 0 Å². The van der Waals surface area contributed by atoms with Crippen molar-refractivity contribution >= 4 is 5.69 Å². The van der Waals surface area contributed by atoms with Crippen LogP contribution in [-0.4, -0.2) is 18.6 Å². The first kappa shape index (κ1) is 15.4. The number of anilines is 1. The molecule has 0 aromatic heterocycles. The quantitative estimate of drug-likeness (QED) is 0.888. The van der Waals surface area contributed by atoms with Crippen molar-refractivity contribution in [3.05, 3.63) is 28.8 Å². The van der Waals surface area contributed by atoms with Crippen LogP contribution < -0.4 is 10.2 Å². The van der Waals surface area contributed by atoms with E-state index >= 15 is 0 Å². The molecule has 1 N–H and O–H groups in total. The Bertz CT molecular complexity index is 488. The molecular formula is C18H30N2. The van der Waals surface area contributed by atoms with E-state index < -0.39 is 0 Å². The summed E-state index contributed by atoms with van der Waals surface area (Å²) >= 11 is 0. The number of nitrogens with zero attached hydrogens (tertiary/aromatic N) is 1. The highest BCUT2D eigenvalue weighted by Gasteiger charge is 2.37. The molecule has 20 heavy (non-hydrogen) atoms. The molecule has 0 saturated carbocycles. The van der Waals surface area contributed by atoms with E-state index in [9.17, 15) is 0 Å². The second-order valence-electron chi connectivity index (χ2n) is 7.25. The molecule has 2 rings (SSSR count). The minimum atomic E-state index is 0.234. The van der Waals surface area contributed by atoms with Crippen LogP contribution in [0.2, 0.25) is 0 Å². The van der Waals surface area contributed by atoms with Gasteiger partial charge in [0, 0.05) is 23.8 Å². The van der Waals surface area contributed by atoms with Gasteiger partial charge in [0.15, 0.2) is 0 Å². The molecule has 1 heterocycles. The van der Waals surface area contributed by atoms with Crippen LogP contribution in [0, 0.1) is 6.92 Å². The van der Waals surface area contributed by atoms with Gasteiger partial charge in [0.25, 0.3) is 0 Å². The zero-order chi connectivity index (χ0) is 15.1. The zero-order valence-corrected chi connectivity index (χ0v) is 14.2. The molecule has 2 nitrogen and oxygen atoms in total. The second-order valence-corrected chi connectivity index (χ2v) is 7.25. The SMILES string of the molecule is CNCc1cc2c(cc1C)N(C(C)C)C(C)(C)C[C@H]2C. The lowest BCUT2D eigenvalue weighted by Gasteiger charge is -2.50. The average molecular weight is 274 g/mol. The summed E-state index contributed by atoms with van der Waals surface area (Å²) in [5.41, 5.74) is 6.03. The summed E-state index contributed by atoms with van der Waals surface area (Å²) in [7, 11) is 2.02. The lowest BCUT2D eigenvalue weighted by atomic mass is 9.78. The molecule has 1 aliphatic heterocycles. The summed E-state index contributed by atoms with van der Waals surface area (Å²) in [6.45, 7) is 14.9. The number of aryl methyl sites for hydroxylation is 1. The maximum Gasteiger partial charge on any atom is 0.0411 e. The summed E-state index contributed by atoms with van der Waals surface area (Å²) < 4.78 is 0. The molecule has 0 saturated heterocycles. The van der Waals surface area contributed by atoms with Crippen LogP contribution in [0.5, 0.6) is 0 Å². The molecule has 0 amide bonds. The predicted molar refractivity (Wildman–Crippen MR) is 88.7 cm³/mol. The Kier molecular flexibility index (Phi) is 4.15. The topological polar surface area (TPSA) is 15.3 Å². The number of hydrogen-bond donors (Lipinski definition) is 1. The van der Waals surface area contributed by atoms with Gasteiger partial charge in [-0.25, -0.2) is 0 Å². The van der Waals surface area contributed by atoms with Crippen molar-refractivity contribution < 1.29 is 0 Å². The number of rotatable bonds is 3. The fourth-order valence-corrected chi connectivity index (χ4v) is 4.00. The molecule has 1 atom stereocenters. The molecule has 0 fully saturated rings. The fourth-order valence-electron chi connectivity index (χ4n) is 4.00. The van der Waals surface area contributed by atoms with Gasteiger partial charge in [-0.3, -0.25) is 0 Å². The highest BCUT2D eigenvalue weighted by molar-refractivity contribution is 5.63. The summed E-state index contributed by atoms with van der Waals surface area (Å²) in [5, 5.41) is 3.28. The molecular weight excluding hydrogens is 244 g/mol. The fraction of sp³-hybridized carbons (Fsp3) is 0.667. The van der Waals surface area contributed by atoms with Crippen molar-refractivity contribution in [2.75, 3.05) is 11.9 Å². The largest absolute Gasteiger partial charge is 0.364 e. The molecule has 1 aliphatic rings. The Morgan fingerprint density at radius 3 is 2.55 bits per heavy atom. The maximum atomic E-state index is 3.28. The van der Waals surface area contributed by atoms with E-state index in [-0.39, 0.29) is 5.54 Å². The van der Waals surface area contributed by atoms with Gasteiger partial charge >= 0.3 is 0 Å². The van der Waals surface area contributed by atoms with Crippen LogP contribution in [0.15, 0.2) is 12.1 Å². The van der Waals surface area contributed by atoms with E-state index in [1.54, 1.807) is 0 Å². The third kappa shape index (κ3) is 2.58. The first-order valence-electron chi connectivity index (χ1n) is 7.85. The van der Waals surface area contributed by atoms with Crippen molar-refractivity contribution in [1.29, 1.82) is 0 Å². The maximum absolute atomic E-state index is 3.28. The molecule has 0 aliphatic carbocycles. The standard InChI is InChI=1S/C18H30N2/c1-12(2)20-17-8-13(3)15(11-19-7)9-16(17)14(4)10-18(20,5)6/h8-9,12,14,19H,10-11H2,1-7H3/t14-/m1/s1. The van der Waals surface area contributed by atoms with Crippen LogP contribution in [0.1, 0.15) is 63.6 Å². The Balaban J connectivity index is 2.57. The van der Waals surface area contributed by atoms with Crippen LogP contribution in [0.3, 0.4) is 0 Å². The van der Waals surface area contributed by atoms with E-state index in [0.717, 1.165) is 6.54 Å². The van der Waals surface area contributed by atoms with E-state index in [1.807, 2.05) is 7.05 Å². The van der Waals surface area contributed by atoms with E-state index in [0.29, 0.717) is 12.0 Å². The number of benzene rings is 1. The van der Waals surface area contributed by atoms with Gasteiger partial charge in [-0.05, 0) is 76.8 Å². The van der Waals surface area contributed by atoms with Gasteiger partial charge in [-0.1, -0.05) is 13.0 Å². The van der Waals surface area contributed by atoms with Crippen LogP contribution in [0.25, 0.3) is 0 Å². The second kappa shape index (κ2) is 5.40. The molecule has 1 aromatic carbocycles. The third-order valence-electron chi connectivity index (χ3n) is 4.62. The van der Waals surface area contributed by atoms with Gasteiger partial charge < -0.3 is 10.2 Å². The van der Waals surface area contributed by atoms with Crippen molar-refractivity contribution in [3.8, 4) is 0 Å². The van der Waals surface area contributed by atoms with E-state index in [4.69, 9.17) is 0 Å². The monoisotopic (exact) mass is 274 g/mol. The summed E-state index contributed by atoms with van der Waals surface area (Å²) in [6.07, 6.45) is 1.22. The van der Waals surface area contributed by atoms with Crippen molar-refractivity contribution in [2.24, 2.45) is 0 Å². The Morgan fingerprint density at radius 1 is 1.35 bits per heavy atom. The summed E-state index contributed by atoms with van der Waals surface area (Å²) in [5.74, 6) is 0.631. The Hall–Kier alpha value is -1.02. The molecule has 0 spiro atoms. The van der Waals surface area contributed by atoms with Gasteiger partial charge in [-0.2, -0.15) is 0 Å². The third-order valence-corrected chi connectivity index (χ3v) is 4.62. The van der Waals surface area contributed by atoms with Crippen LogP contribution in [0.4, 0.5) is 5.69 Å². The highest BCUT2D eigenvalue weighted by atomic mass is 15.2. The molecule has 0 bridgehead atoms. The van der Waals surface area contributed by atoms with Gasteiger partial charge in [-0.15, -0.1) is 0 Å². The van der Waals surface area contributed by atoms with Crippen molar-refractivity contribution in [2.45, 2.75) is 72.0 Å². The molecule has 112 valence electrons. The summed E-state index contributed by atoms with van der Waals surface area (Å²) in [6, 6.07) is 5.36. The van der Waals surface area contributed by atoms with Crippen molar-refractivity contribution in [3.63, 3.8) is 0 Å². The molecule has 2 heteroatoms. The first-order chi connectivity index (χ1) is 9.27. The number of fused-ring (bicyclic) bond motifs is 1. The molecule has 0 radical (unpaired) electrons.